The van der Waals surface area contributed by atoms with Crippen LogP contribution in [0.5, 0.6) is 5.75 Å². The number of hydrogen-bond donors (Lipinski definition) is 1. The van der Waals surface area contributed by atoms with Crippen molar-refractivity contribution in [1.29, 1.82) is 5.26 Å². The van der Waals surface area contributed by atoms with Gasteiger partial charge in [0.2, 0.25) is 0 Å². The molecule has 5 heteroatoms. The molecule has 0 spiro atoms. The highest BCUT2D eigenvalue weighted by Gasteiger charge is 2.15. The number of anilines is 1. The molecule has 0 heterocycles. The molecule has 0 bridgehead atoms. The first-order chi connectivity index (χ1) is 11.3. The molecular weight excluding hydrogens is 368 g/mol. The maximum absolute atomic E-state index is 12.0. The number of benzene rings is 2. The Kier molecular flexibility index (Phi) is 5.63. The van der Waals surface area contributed by atoms with Crippen molar-refractivity contribution in [2.45, 2.75) is 26.2 Å². The van der Waals surface area contributed by atoms with Crippen LogP contribution in [0.15, 0.2) is 46.9 Å². The first-order valence-electron chi connectivity index (χ1n) is 7.52. The van der Waals surface area contributed by atoms with Crippen LogP contribution in [0.4, 0.5) is 5.69 Å². The van der Waals surface area contributed by atoms with Gasteiger partial charge in [-0.1, -0.05) is 26.8 Å². The Hall–Kier alpha value is -2.32. The summed E-state index contributed by atoms with van der Waals surface area (Å²) in [5, 5.41) is 11.5. The van der Waals surface area contributed by atoms with Gasteiger partial charge in [-0.3, -0.25) is 4.79 Å². The van der Waals surface area contributed by atoms with E-state index < -0.39 is 0 Å². The molecule has 0 atom stereocenters. The van der Waals surface area contributed by atoms with Crippen molar-refractivity contribution in [1.82, 2.24) is 0 Å². The maximum Gasteiger partial charge on any atom is 0.262 e. The molecule has 2 aromatic carbocycles. The lowest BCUT2D eigenvalue weighted by atomic mass is 9.87. The van der Waals surface area contributed by atoms with E-state index in [0.29, 0.717) is 17.0 Å². The van der Waals surface area contributed by atoms with Gasteiger partial charge in [-0.05, 0) is 63.3 Å². The summed E-state index contributed by atoms with van der Waals surface area (Å²) in [5.41, 5.74) is 2.41. The van der Waals surface area contributed by atoms with Crippen LogP contribution >= 0.6 is 15.9 Å². The van der Waals surface area contributed by atoms with Crippen LogP contribution < -0.4 is 10.1 Å². The third-order valence-corrected chi connectivity index (χ3v) is 4.07. The molecule has 1 amide bonds. The third-order valence-electron chi connectivity index (χ3n) is 3.45. The van der Waals surface area contributed by atoms with E-state index in [2.05, 4.69) is 42.0 Å². The lowest BCUT2D eigenvalue weighted by Crippen LogP contribution is -2.20. The van der Waals surface area contributed by atoms with Gasteiger partial charge in [-0.15, -0.1) is 0 Å². The van der Waals surface area contributed by atoms with Crippen LogP contribution in [0, 0.1) is 11.3 Å². The van der Waals surface area contributed by atoms with Gasteiger partial charge in [-0.25, -0.2) is 0 Å². The van der Waals surface area contributed by atoms with Crippen LogP contribution in [0.3, 0.4) is 0 Å². The van der Waals surface area contributed by atoms with E-state index in [1.54, 1.807) is 24.3 Å². The van der Waals surface area contributed by atoms with Gasteiger partial charge >= 0.3 is 0 Å². The van der Waals surface area contributed by atoms with Crippen molar-refractivity contribution in [2.75, 3.05) is 11.9 Å². The molecule has 4 nitrogen and oxygen atoms in total. The third kappa shape index (κ3) is 4.84. The number of amides is 1. The SMILES string of the molecule is CC(C)(C)c1ccc(OCC(=O)Nc2ccc(C#N)cc2)c(Br)c1. The quantitative estimate of drug-likeness (QED) is 0.832. The van der Waals surface area contributed by atoms with Gasteiger partial charge in [-0.2, -0.15) is 5.26 Å². The second-order valence-electron chi connectivity index (χ2n) is 6.42. The number of nitrogens with zero attached hydrogens (tertiary/aromatic N) is 1. The van der Waals surface area contributed by atoms with Crippen molar-refractivity contribution >= 4 is 27.5 Å². The highest BCUT2D eigenvalue weighted by Crippen LogP contribution is 2.31. The highest BCUT2D eigenvalue weighted by molar-refractivity contribution is 9.10. The number of ether oxygens (including phenoxy) is 1. The zero-order valence-corrected chi connectivity index (χ0v) is 15.5. The molecule has 2 rings (SSSR count). The molecule has 0 aliphatic carbocycles. The summed E-state index contributed by atoms with van der Waals surface area (Å²) in [6.07, 6.45) is 0. The Morgan fingerprint density at radius 1 is 1.21 bits per heavy atom. The van der Waals surface area contributed by atoms with E-state index in [1.807, 2.05) is 24.3 Å². The van der Waals surface area contributed by atoms with Gasteiger partial charge in [0, 0.05) is 5.69 Å². The minimum atomic E-state index is -0.258. The van der Waals surface area contributed by atoms with Crippen molar-refractivity contribution in [3.63, 3.8) is 0 Å². The number of halogens is 1. The molecule has 0 saturated carbocycles. The van der Waals surface area contributed by atoms with E-state index in [4.69, 9.17) is 10.00 Å². The molecule has 124 valence electrons. The average Bonchev–Trinajstić information content (AvgIpc) is 2.53. The Labute approximate surface area is 150 Å². The normalized spacial score (nSPS) is 10.8. The molecule has 0 aliphatic rings. The van der Waals surface area contributed by atoms with E-state index in [9.17, 15) is 4.79 Å². The molecule has 1 N–H and O–H groups in total. The molecule has 0 fully saturated rings. The van der Waals surface area contributed by atoms with E-state index in [-0.39, 0.29) is 17.9 Å². The summed E-state index contributed by atoms with van der Waals surface area (Å²) in [6.45, 7) is 6.33. The highest BCUT2D eigenvalue weighted by atomic mass is 79.9. The fraction of sp³-hybridized carbons (Fsp3) is 0.263. The van der Waals surface area contributed by atoms with Crippen molar-refractivity contribution in [3.05, 3.63) is 58.1 Å². The monoisotopic (exact) mass is 386 g/mol. The van der Waals surface area contributed by atoms with Gasteiger partial charge in [0.15, 0.2) is 6.61 Å². The second kappa shape index (κ2) is 7.50. The number of nitrogens with one attached hydrogen (secondary N) is 1. The fourth-order valence-electron chi connectivity index (χ4n) is 2.05. The molecule has 0 unspecified atom stereocenters. The molecule has 0 aromatic heterocycles. The molecular formula is C19H19BrN2O2. The summed E-state index contributed by atoms with van der Waals surface area (Å²) < 4.78 is 6.39. The predicted molar refractivity (Wildman–Crippen MR) is 98.1 cm³/mol. The van der Waals surface area contributed by atoms with Crippen molar-refractivity contribution in [2.24, 2.45) is 0 Å². The van der Waals surface area contributed by atoms with Crippen LogP contribution in [0.25, 0.3) is 0 Å². The average molecular weight is 387 g/mol. The van der Waals surface area contributed by atoms with Crippen LogP contribution in [-0.2, 0) is 10.2 Å². The number of nitriles is 1. The number of carbonyl (C=O) groups excluding carboxylic acids is 1. The summed E-state index contributed by atoms with van der Waals surface area (Å²) in [6, 6.07) is 14.6. The molecule has 0 radical (unpaired) electrons. The number of rotatable bonds is 4. The Morgan fingerprint density at radius 3 is 2.42 bits per heavy atom. The number of carbonyl (C=O) groups is 1. The van der Waals surface area contributed by atoms with Crippen molar-refractivity contribution in [3.8, 4) is 11.8 Å². The van der Waals surface area contributed by atoms with Gasteiger partial charge in [0.05, 0.1) is 16.1 Å². The second-order valence-corrected chi connectivity index (χ2v) is 7.28. The van der Waals surface area contributed by atoms with Crippen LogP contribution in [0.1, 0.15) is 31.9 Å². The van der Waals surface area contributed by atoms with Crippen molar-refractivity contribution < 1.29 is 9.53 Å². The predicted octanol–water partition coefficient (Wildman–Crippen LogP) is 4.64. The lowest BCUT2D eigenvalue weighted by molar-refractivity contribution is -0.118. The van der Waals surface area contributed by atoms with Crippen LogP contribution in [-0.4, -0.2) is 12.5 Å². The fourth-order valence-corrected chi connectivity index (χ4v) is 2.55. The first-order valence-corrected chi connectivity index (χ1v) is 8.32. The molecule has 0 aliphatic heterocycles. The summed E-state index contributed by atoms with van der Waals surface area (Å²) in [5.74, 6) is 0.365. The largest absolute Gasteiger partial charge is 0.483 e. The maximum atomic E-state index is 12.0. The molecule has 2 aromatic rings. The van der Waals surface area contributed by atoms with E-state index >= 15 is 0 Å². The van der Waals surface area contributed by atoms with Crippen LogP contribution in [0.2, 0.25) is 0 Å². The molecule has 0 saturated heterocycles. The van der Waals surface area contributed by atoms with Gasteiger partial charge in [0.1, 0.15) is 5.75 Å². The van der Waals surface area contributed by atoms with Gasteiger partial charge in [0.25, 0.3) is 5.91 Å². The Balaban J connectivity index is 1.95. The van der Waals surface area contributed by atoms with Gasteiger partial charge < -0.3 is 10.1 Å². The van der Waals surface area contributed by atoms with E-state index in [0.717, 1.165) is 4.47 Å². The van der Waals surface area contributed by atoms with E-state index in [1.165, 1.54) is 5.56 Å². The minimum Gasteiger partial charge on any atom is -0.483 e. The first kappa shape index (κ1) is 18.0. The Bertz CT molecular complexity index is 771. The zero-order valence-electron chi connectivity index (χ0n) is 13.9. The summed E-state index contributed by atoms with van der Waals surface area (Å²) in [7, 11) is 0. The zero-order chi connectivity index (χ0) is 17.7. The number of hydrogen-bond acceptors (Lipinski definition) is 3. The lowest BCUT2D eigenvalue weighted by Gasteiger charge is -2.20. The standard InChI is InChI=1S/C19H19BrN2O2/c1-19(2,3)14-6-9-17(16(20)10-14)24-12-18(23)22-15-7-4-13(11-21)5-8-15/h4-10H,12H2,1-3H3,(H,22,23). The minimum absolute atomic E-state index is 0.0496. The molecule has 24 heavy (non-hydrogen) atoms. The Morgan fingerprint density at radius 2 is 1.88 bits per heavy atom. The summed E-state index contributed by atoms with van der Waals surface area (Å²) >= 11 is 3.49. The smallest absolute Gasteiger partial charge is 0.262 e. The topological polar surface area (TPSA) is 62.1 Å². The summed E-state index contributed by atoms with van der Waals surface area (Å²) in [4.78, 5) is 12.0.